The van der Waals surface area contributed by atoms with Gasteiger partial charge in [0.15, 0.2) is 0 Å². The van der Waals surface area contributed by atoms with Crippen LogP contribution in [0.4, 0.5) is 13.2 Å². The second-order valence-electron chi connectivity index (χ2n) is 5.67. The molecule has 0 aliphatic heterocycles. The van der Waals surface area contributed by atoms with Crippen molar-refractivity contribution in [2.45, 2.75) is 64.4 Å². The van der Waals surface area contributed by atoms with Crippen molar-refractivity contribution in [2.24, 2.45) is 5.92 Å². The van der Waals surface area contributed by atoms with Gasteiger partial charge in [-0.25, -0.2) is 8.93 Å². The zero-order valence-electron chi connectivity index (χ0n) is 13.0. The Morgan fingerprint density at radius 2 is 1.76 bits per heavy atom. The molecule has 0 unspecified atom stereocenters. The lowest BCUT2D eigenvalue weighted by molar-refractivity contribution is -0.179. The number of rotatable bonds is 7. The molecule has 0 aliphatic rings. The maximum absolute atomic E-state index is 13.2. The smallest absolute Gasteiger partial charge is 0.405 e. The van der Waals surface area contributed by atoms with Crippen molar-refractivity contribution >= 4 is 17.0 Å². The van der Waals surface area contributed by atoms with Gasteiger partial charge in [-0.15, -0.1) is 0 Å². The van der Waals surface area contributed by atoms with Gasteiger partial charge in [0.2, 0.25) is 0 Å². The number of carbonyl (C=O) groups is 1. The second kappa shape index (κ2) is 8.12. The molecule has 0 heterocycles. The zero-order valence-corrected chi connectivity index (χ0v) is 13.9. The molecule has 8 heteroatoms. The van der Waals surface area contributed by atoms with E-state index >= 15 is 0 Å². The minimum atomic E-state index is -4.69. The highest BCUT2D eigenvalue weighted by atomic mass is 32.2. The molecule has 0 fully saturated rings. The lowest BCUT2D eigenvalue weighted by atomic mass is 9.95. The average molecular weight is 331 g/mol. The van der Waals surface area contributed by atoms with Crippen LogP contribution in [0.25, 0.3) is 0 Å². The Morgan fingerprint density at radius 1 is 1.24 bits per heavy atom. The van der Waals surface area contributed by atoms with Crippen LogP contribution in [0.3, 0.4) is 0 Å². The summed E-state index contributed by atoms with van der Waals surface area (Å²) < 4.78 is 57.6. The van der Waals surface area contributed by atoms with Gasteiger partial charge in [-0.3, -0.25) is 4.79 Å². The molecule has 0 aromatic carbocycles. The van der Waals surface area contributed by atoms with Crippen LogP contribution >= 0.6 is 0 Å². The molecule has 0 radical (unpaired) electrons. The second-order valence-corrected chi connectivity index (χ2v) is 7.66. The summed E-state index contributed by atoms with van der Waals surface area (Å²) in [4.78, 5) is 11.8. The molecule has 126 valence electrons. The number of nitrogens with one attached hydrogen (secondary N) is 1. The van der Waals surface area contributed by atoms with Gasteiger partial charge in [0, 0.05) is 0 Å². The molecule has 4 nitrogen and oxygen atoms in total. The molecular weight excluding hydrogens is 307 g/mol. The Hall–Kier alpha value is -0.630. The lowest BCUT2D eigenvalue weighted by Gasteiger charge is -2.30. The van der Waals surface area contributed by atoms with Crippen molar-refractivity contribution in [1.29, 1.82) is 0 Å². The zero-order chi connectivity index (χ0) is 16.8. The Morgan fingerprint density at radius 3 is 2.10 bits per heavy atom. The molecule has 0 aromatic rings. The van der Waals surface area contributed by atoms with Gasteiger partial charge in [-0.05, 0) is 34.1 Å². The molecule has 0 amide bonds. The fourth-order valence-corrected chi connectivity index (χ4v) is 2.53. The van der Waals surface area contributed by atoms with E-state index < -0.39 is 39.8 Å². The Bertz CT molecular complexity index is 367. The van der Waals surface area contributed by atoms with Crippen LogP contribution in [0.2, 0.25) is 0 Å². The molecule has 0 bridgehead atoms. The minimum Gasteiger partial charge on any atom is -0.466 e. The number of carbonyl (C=O) groups excluding carboxylic acids is 1. The molecule has 0 saturated heterocycles. The molecular formula is C13H24F3NO3S. The van der Waals surface area contributed by atoms with E-state index in [1.54, 1.807) is 27.7 Å². The highest BCUT2D eigenvalue weighted by molar-refractivity contribution is 7.84. The number of ether oxygens (including phenoxy) is 1. The van der Waals surface area contributed by atoms with Gasteiger partial charge in [0.1, 0.15) is 6.04 Å². The fraction of sp³-hybridized carbons (Fsp3) is 0.923. The van der Waals surface area contributed by atoms with Crippen LogP contribution in [0.5, 0.6) is 0 Å². The summed E-state index contributed by atoms with van der Waals surface area (Å²) in [6.45, 7) is 7.89. The third-order valence-corrected chi connectivity index (χ3v) is 4.31. The van der Waals surface area contributed by atoms with Gasteiger partial charge < -0.3 is 4.74 Å². The molecule has 0 rings (SSSR count). The van der Waals surface area contributed by atoms with Crippen LogP contribution in [-0.2, 0) is 20.5 Å². The van der Waals surface area contributed by atoms with Gasteiger partial charge in [0.05, 0.1) is 28.3 Å². The third-order valence-electron chi connectivity index (χ3n) is 2.73. The van der Waals surface area contributed by atoms with Crippen LogP contribution in [0.15, 0.2) is 0 Å². The van der Waals surface area contributed by atoms with Crippen molar-refractivity contribution in [1.82, 2.24) is 4.72 Å². The molecule has 0 aliphatic carbocycles. The molecule has 21 heavy (non-hydrogen) atoms. The summed E-state index contributed by atoms with van der Waals surface area (Å²) in [6, 6.07) is -2.18. The van der Waals surface area contributed by atoms with Crippen molar-refractivity contribution in [3.63, 3.8) is 0 Å². The van der Waals surface area contributed by atoms with Crippen LogP contribution in [0, 0.1) is 5.92 Å². The summed E-state index contributed by atoms with van der Waals surface area (Å²) >= 11 is 0. The predicted molar refractivity (Wildman–Crippen MR) is 75.9 cm³/mol. The van der Waals surface area contributed by atoms with E-state index in [1.165, 1.54) is 6.92 Å². The van der Waals surface area contributed by atoms with Gasteiger partial charge in [0.25, 0.3) is 0 Å². The minimum absolute atomic E-state index is 0.00594. The van der Waals surface area contributed by atoms with E-state index in [0.717, 1.165) is 0 Å². The summed E-state index contributed by atoms with van der Waals surface area (Å²) in [5.74, 6) is -2.32. The van der Waals surface area contributed by atoms with Gasteiger partial charge >= 0.3 is 12.1 Å². The summed E-state index contributed by atoms with van der Waals surface area (Å²) in [6.07, 6.45) is -4.29. The summed E-state index contributed by atoms with van der Waals surface area (Å²) in [5, 5.41) is 0. The quantitative estimate of drug-likeness (QED) is 0.730. The SMILES string of the molecule is CCC[C@@H](C(=O)OCC)[C@@H](N[S@](=O)C(C)(C)C)C(F)(F)F. The number of esters is 1. The maximum atomic E-state index is 13.2. The topological polar surface area (TPSA) is 55.4 Å². The monoisotopic (exact) mass is 331 g/mol. The summed E-state index contributed by atoms with van der Waals surface area (Å²) in [5.41, 5.74) is 0. The van der Waals surface area contributed by atoms with Crippen molar-refractivity contribution in [2.75, 3.05) is 6.61 Å². The van der Waals surface area contributed by atoms with Crippen LogP contribution in [0.1, 0.15) is 47.5 Å². The summed E-state index contributed by atoms with van der Waals surface area (Å²) in [7, 11) is -1.94. The average Bonchev–Trinajstić information content (AvgIpc) is 2.30. The Kier molecular flexibility index (Phi) is 7.88. The highest BCUT2D eigenvalue weighted by Gasteiger charge is 2.49. The van der Waals surface area contributed by atoms with E-state index in [0.29, 0.717) is 6.42 Å². The van der Waals surface area contributed by atoms with Gasteiger partial charge in [-0.1, -0.05) is 13.3 Å². The fourth-order valence-electron chi connectivity index (χ4n) is 1.65. The molecule has 0 spiro atoms. The molecule has 1 N–H and O–H groups in total. The first-order valence-electron chi connectivity index (χ1n) is 6.86. The first-order chi connectivity index (χ1) is 9.45. The van der Waals surface area contributed by atoms with E-state index in [2.05, 4.69) is 4.72 Å². The van der Waals surface area contributed by atoms with E-state index in [9.17, 15) is 22.2 Å². The number of hydrogen-bond acceptors (Lipinski definition) is 3. The first-order valence-corrected chi connectivity index (χ1v) is 8.01. The van der Waals surface area contributed by atoms with Crippen molar-refractivity contribution < 1.29 is 26.9 Å². The van der Waals surface area contributed by atoms with Crippen LogP contribution in [-0.4, -0.2) is 33.8 Å². The standard InChI is InChI=1S/C13H24F3NO3S/c1-6-8-9(11(18)20-7-2)10(13(14,15)16)17-21(19)12(3,4)5/h9-10,17H,6-8H2,1-5H3/t9-,10-,21-/m1/s1. The molecule has 3 atom stereocenters. The number of alkyl halides is 3. The van der Waals surface area contributed by atoms with E-state index in [-0.39, 0.29) is 13.0 Å². The number of hydrogen-bond donors (Lipinski definition) is 1. The molecule has 0 saturated carbocycles. The molecule has 0 aromatic heterocycles. The largest absolute Gasteiger partial charge is 0.466 e. The van der Waals surface area contributed by atoms with Crippen molar-refractivity contribution in [3.05, 3.63) is 0 Å². The number of halogens is 3. The third kappa shape index (κ3) is 6.78. The Balaban J connectivity index is 5.35. The normalized spacial score (nSPS) is 17.1. The van der Waals surface area contributed by atoms with Gasteiger partial charge in [-0.2, -0.15) is 13.2 Å². The van der Waals surface area contributed by atoms with E-state index in [4.69, 9.17) is 4.74 Å². The van der Waals surface area contributed by atoms with Crippen molar-refractivity contribution in [3.8, 4) is 0 Å². The lowest BCUT2D eigenvalue weighted by Crippen LogP contribution is -2.53. The first kappa shape index (κ1) is 20.4. The van der Waals surface area contributed by atoms with E-state index in [1.807, 2.05) is 0 Å². The van der Waals surface area contributed by atoms with Crippen LogP contribution < -0.4 is 4.72 Å². The highest BCUT2D eigenvalue weighted by Crippen LogP contribution is 2.30. The Labute approximate surface area is 126 Å². The maximum Gasteiger partial charge on any atom is 0.405 e. The predicted octanol–water partition coefficient (Wildman–Crippen LogP) is 2.95.